The average molecular weight is 329 g/mol. The highest BCUT2D eigenvalue weighted by atomic mass is 16.5. The van der Waals surface area contributed by atoms with Crippen LogP contribution in [0.25, 0.3) is 5.69 Å². The first-order chi connectivity index (χ1) is 11.6. The Morgan fingerprint density at radius 3 is 2.71 bits per heavy atom. The number of carbonyl (C=O) groups is 1. The summed E-state index contributed by atoms with van der Waals surface area (Å²) in [5.41, 5.74) is 1.97. The van der Waals surface area contributed by atoms with Gasteiger partial charge in [0.05, 0.1) is 30.7 Å². The Bertz CT molecular complexity index is 650. The molecule has 2 N–H and O–H groups in total. The van der Waals surface area contributed by atoms with Crippen LogP contribution in [0.2, 0.25) is 0 Å². The SMILES string of the molecule is C[C@H](NC(=O)N[C@H](C)[C@@H]1CCOC1)c1ccc(-n2ccnn2)cc1. The molecule has 128 valence electrons. The molecule has 2 amide bonds. The number of carbonyl (C=O) groups excluding carboxylic acids is 1. The highest BCUT2D eigenvalue weighted by Crippen LogP contribution is 2.17. The lowest BCUT2D eigenvalue weighted by Gasteiger charge is -2.21. The molecule has 0 bridgehead atoms. The number of rotatable bonds is 5. The maximum atomic E-state index is 12.2. The van der Waals surface area contributed by atoms with Crippen LogP contribution >= 0.6 is 0 Å². The summed E-state index contributed by atoms with van der Waals surface area (Å²) in [4.78, 5) is 12.2. The molecule has 3 atom stereocenters. The molecule has 2 heterocycles. The first-order valence-corrected chi connectivity index (χ1v) is 8.25. The third kappa shape index (κ3) is 3.91. The van der Waals surface area contributed by atoms with Crippen LogP contribution in [-0.4, -0.2) is 40.3 Å². The summed E-state index contributed by atoms with van der Waals surface area (Å²) in [5.74, 6) is 0.396. The minimum Gasteiger partial charge on any atom is -0.381 e. The normalized spacial score (nSPS) is 19.7. The van der Waals surface area contributed by atoms with E-state index in [0.29, 0.717) is 5.92 Å². The summed E-state index contributed by atoms with van der Waals surface area (Å²) < 4.78 is 7.06. The molecule has 0 aliphatic carbocycles. The minimum absolute atomic E-state index is 0.0816. The zero-order valence-electron chi connectivity index (χ0n) is 14.0. The molecule has 2 aromatic rings. The lowest BCUT2D eigenvalue weighted by Crippen LogP contribution is -2.44. The molecule has 0 saturated carbocycles. The minimum atomic E-state index is -0.151. The van der Waals surface area contributed by atoms with Gasteiger partial charge in [-0.1, -0.05) is 17.3 Å². The monoisotopic (exact) mass is 329 g/mol. The molecule has 1 fully saturated rings. The third-order valence-corrected chi connectivity index (χ3v) is 4.46. The predicted molar refractivity (Wildman–Crippen MR) is 89.8 cm³/mol. The number of nitrogens with one attached hydrogen (secondary N) is 2. The molecular formula is C17H23N5O2. The fraction of sp³-hybridized carbons (Fsp3) is 0.471. The van der Waals surface area contributed by atoms with Gasteiger partial charge in [0.15, 0.2) is 0 Å². The van der Waals surface area contributed by atoms with Gasteiger partial charge < -0.3 is 15.4 Å². The number of urea groups is 1. The van der Waals surface area contributed by atoms with E-state index in [-0.39, 0.29) is 18.1 Å². The third-order valence-electron chi connectivity index (χ3n) is 4.46. The van der Waals surface area contributed by atoms with Crippen molar-refractivity contribution in [3.8, 4) is 5.69 Å². The number of amides is 2. The van der Waals surface area contributed by atoms with Crippen LogP contribution in [0.15, 0.2) is 36.7 Å². The maximum absolute atomic E-state index is 12.2. The first-order valence-electron chi connectivity index (χ1n) is 8.25. The van der Waals surface area contributed by atoms with E-state index in [2.05, 4.69) is 20.9 Å². The second kappa shape index (κ2) is 7.44. The van der Waals surface area contributed by atoms with Gasteiger partial charge in [0.25, 0.3) is 0 Å². The summed E-state index contributed by atoms with van der Waals surface area (Å²) in [5, 5.41) is 13.7. The van der Waals surface area contributed by atoms with E-state index in [1.165, 1.54) is 0 Å². The van der Waals surface area contributed by atoms with Crippen molar-refractivity contribution in [3.63, 3.8) is 0 Å². The quantitative estimate of drug-likeness (QED) is 0.880. The molecule has 0 radical (unpaired) electrons. The van der Waals surface area contributed by atoms with Crippen molar-refractivity contribution in [2.75, 3.05) is 13.2 Å². The van der Waals surface area contributed by atoms with Crippen LogP contribution < -0.4 is 10.6 Å². The first kappa shape index (κ1) is 16.4. The number of aromatic nitrogens is 3. The number of hydrogen-bond acceptors (Lipinski definition) is 4. The van der Waals surface area contributed by atoms with Crippen molar-refractivity contribution in [1.82, 2.24) is 25.6 Å². The van der Waals surface area contributed by atoms with Crippen LogP contribution in [0.3, 0.4) is 0 Å². The Hall–Kier alpha value is -2.41. The second-order valence-electron chi connectivity index (χ2n) is 6.19. The van der Waals surface area contributed by atoms with Gasteiger partial charge >= 0.3 is 6.03 Å². The van der Waals surface area contributed by atoms with Gasteiger partial charge in [0.2, 0.25) is 0 Å². The van der Waals surface area contributed by atoms with Crippen molar-refractivity contribution in [2.24, 2.45) is 5.92 Å². The number of ether oxygens (including phenoxy) is 1. The number of hydrogen-bond donors (Lipinski definition) is 2. The Kier molecular flexibility index (Phi) is 5.10. The summed E-state index contributed by atoms with van der Waals surface area (Å²) in [7, 11) is 0. The van der Waals surface area contributed by atoms with Crippen molar-refractivity contribution in [3.05, 3.63) is 42.2 Å². The van der Waals surface area contributed by atoms with Gasteiger partial charge in [-0.3, -0.25) is 0 Å². The summed E-state index contributed by atoms with van der Waals surface area (Å²) >= 11 is 0. The zero-order chi connectivity index (χ0) is 16.9. The highest BCUT2D eigenvalue weighted by molar-refractivity contribution is 5.74. The van der Waals surface area contributed by atoms with Crippen molar-refractivity contribution < 1.29 is 9.53 Å². The molecule has 0 spiro atoms. The lowest BCUT2D eigenvalue weighted by molar-refractivity contribution is 0.177. The van der Waals surface area contributed by atoms with E-state index in [0.717, 1.165) is 30.9 Å². The molecule has 1 aliphatic heterocycles. The standard InChI is InChI=1S/C17H23N5O2/c1-12(19-17(23)20-13(2)15-7-10-24-11-15)14-3-5-16(6-4-14)22-9-8-18-21-22/h3-6,8-9,12-13,15H,7,10-11H2,1-2H3,(H2,19,20,23)/t12-,13+,15+/m0/s1. The van der Waals surface area contributed by atoms with E-state index in [1.54, 1.807) is 17.1 Å². The Labute approximate surface area is 141 Å². The van der Waals surface area contributed by atoms with E-state index in [4.69, 9.17) is 4.74 Å². The second-order valence-corrected chi connectivity index (χ2v) is 6.19. The van der Waals surface area contributed by atoms with Crippen LogP contribution in [0.1, 0.15) is 31.9 Å². The van der Waals surface area contributed by atoms with E-state index in [9.17, 15) is 4.79 Å². The average Bonchev–Trinajstić information content (AvgIpc) is 3.28. The maximum Gasteiger partial charge on any atom is 0.315 e. The largest absolute Gasteiger partial charge is 0.381 e. The molecular weight excluding hydrogens is 306 g/mol. The number of benzene rings is 1. The van der Waals surface area contributed by atoms with Gasteiger partial charge in [-0.25, -0.2) is 9.48 Å². The summed E-state index contributed by atoms with van der Waals surface area (Å²) in [6, 6.07) is 7.75. The van der Waals surface area contributed by atoms with E-state index in [1.807, 2.05) is 38.1 Å². The van der Waals surface area contributed by atoms with Gasteiger partial charge in [0.1, 0.15) is 0 Å². The topological polar surface area (TPSA) is 81.1 Å². The summed E-state index contributed by atoms with van der Waals surface area (Å²) in [6.45, 7) is 5.50. The fourth-order valence-electron chi connectivity index (χ4n) is 2.86. The van der Waals surface area contributed by atoms with Gasteiger partial charge in [-0.2, -0.15) is 0 Å². The Morgan fingerprint density at radius 1 is 1.29 bits per heavy atom. The molecule has 3 rings (SSSR count). The van der Waals surface area contributed by atoms with Crippen LogP contribution in [0.5, 0.6) is 0 Å². The molecule has 1 aliphatic rings. The molecule has 7 heteroatoms. The molecule has 1 saturated heterocycles. The van der Waals surface area contributed by atoms with E-state index < -0.39 is 0 Å². The van der Waals surface area contributed by atoms with Crippen molar-refractivity contribution in [2.45, 2.75) is 32.4 Å². The molecule has 7 nitrogen and oxygen atoms in total. The molecule has 1 aromatic carbocycles. The Balaban J connectivity index is 1.54. The lowest BCUT2D eigenvalue weighted by atomic mass is 10.0. The van der Waals surface area contributed by atoms with Crippen LogP contribution in [0, 0.1) is 5.92 Å². The van der Waals surface area contributed by atoms with Gasteiger partial charge in [-0.15, -0.1) is 5.10 Å². The molecule has 24 heavy (non-hydrogen) atoms. The van der Waals surface area contributed by atoms with Crippen molar-refractivity contribution >= 4 is 6.03 Å². The van der Waals surface area contributed by atoms with Crippen LogP contribution in [0.4, 0.5) is 4.79 Å². The Morgan fingerprint density at radius 2 is 2.08 bits per heavy atom. The molecule has 0 unspecified atom stereocenters. The number of nitrogens with zero attached hydrogens (tertiary/aromatic N) is 3. The zero-order valence-corrected chi connectivity index (χ0v) is 14.0. The summed E-state index contributed by atoms with van der Waals surface area (Å²) in [6.07, 6.45) is 4.43. The van der Waals surface area contributed by atoms with E-state index >= 15 is 0 Å². The van der Waals surface area contributed by atoms with Gasteiger partial charge in [-0.05, 0) is 38.0 Å². The molecule has 1 aromatic heterocycles. The predicted octanol–water partition coefficient (Wildman–Crippen LogP) is 2.05. The fourth-order valence-corrected chi connectivity index (χ4v) is 2.86. The highest BCUT2D eigenvalue weighted by Gasteiger charge is 2.23. The van der Waals surface area contributed by atoms with Gasteiger partial charge in [0, 0.05) is 18.6 Å². The smallest absolute Gasteiger partial charge is 0.315 e. The van der Waals surface area contributed by atoms with Crippen molar-refractivity contribution in [1.29, 1.82) is 0 Å². The van der Waals surface area contributed by atoms with Crippen LogP contribution in [-0.2, 0) is 4.74 Å².